The number of hydrogen-bond donors (Lipinski definition) is 0. The maximum atomic E-state index is 12.8. The minimum absolute atomic E-state index is 0.322. The van der Waals surface area contributed by atoms with E-state index >= 15 is 0 Å². The zero-order chi connectivity index (χ0) is 9.97. The quantitative estimate of drug-likeness (QED) is 0.725. The van der Waals surface area contributed by atoms with Crippen LogP contribution in [0.25, 0.3) is 0 Å². The van der Waals surface area contributed by atoms with Crippen molar-refractivity contribution in [1.29, 1.82) is 0 Å². The van der Waals surface area contributed by atoms with Gasteiger partial charge in [-0.25, -0.2) is 8.78 Å². The van der Waals surface area contributed by atoms with E-state index in [4.69, 9.17) is 4.74 Å². The van der Waals surface area contributed by atoms with Gasteiger partial charge in [-0.2, -0.15) is 0 Å². The number of benzene rings is 1. The summed E-state index contributed by atoms with van der Waals surface area (Å²) in [6, 6.07) is 3.87. The first-order chi connectivity index (χ1) is 6.75. The molecule has 1 aromatic rings. The van der Waals surface area contributed by atoms with Crippen LogP contribution < -0.4 is 0 Å². The van der Waals surface area contributed by atoms with Crippen molar-refractivity contribution in [3.05, 3.63) is 35.4 Å². The Labute approximate surface area is 81.7 Å². The third kappa shape index (κ3) is 2.10. The molecule has 0 unspecified atom stereocenters. The maximum absolute atomic E-state index is 12.8. The first-order valence-electron chi connectivity index (χ1n) is 4.81. The second kappa shape index (κ2) is 4.05. The second-order valence-electron chi connectivity index (χ2n) is 3.61. The van der Waals surface area contributed by atoms with Crippen LogP contribution in [0.3, 0.4) is 0 Å². The van der Waals surface area contributed by atoms with Gasteiger partial charge in [0.1, 0.15) is 0 Å². The molecule has 0 amide bonds. The van der Waals surface area contributed by atoms with Gasteiger partial charge in [0, 0.05) is 0 Å². The van der Waals surface area contributed by atoms with E-state index in [2.05, 4.69) is 0 Å². The molecule has 0 aromatic heterocycles. The number of ether oxygens (including phenoxy) is 1. The smallest absolute Gasteiger partial charge is 0.159 e. The number of halogens is 2. The van der Waals surface area contributed by atoms with Gasteiger partial charge in [0.25, 0.3) is 0 Å². The molecule has 0 N–H and O–H groups in total. The van der Waals surface area contributed by atoms with Crippen molar-refractivity contribution < 1.29 is 13.5 Å². The zero-order valence-corrected chi connectivity index (χ0v) is 7.80. The van der Waals surface area contributed by atoms with Gasteiger partial charge in [0.2, 0.25) is 0 Å². The molecule has 1 saturated carbocycles. The summed E-state index contributed by atoms with van der Waals surface area (Å²) in [5.41, 5.74) is 0.691. The fourth-order valence-corrected chi connectivity index (χ4v) is 1.38. The molecule has 0 bridgehead atoms. The maximum Gasteiger partial charge on any atom is 0.159 e. The Morgan fingerprint density at radius 2 is 2.00 bits per heavy atom. The minimum Gasteiger partial charge on any atom is -0.374 e. The Morgan fingerprint density at radius 3 is 2.57 bits per heavy atom. The molecule has 1 fully saturated rings. The van der Waals surface area contributed by atoms with Crippen LogP contribution in [-0.4, -0.2) is 6.10 Å². The molecule has 76 valence electrons. The highest BCUT2D eigenvalue weighted by molar-refractivity contribution is 5.16. The summed E-state index contributed by atoms with van der Waals surface area (Å²) < 4.78 is 30.8. The van der Waals surface area contributed by atoms with E-state index < -0.39 is 11.6 Å². The molecule has 1 aliphatic rings. The normalized spacial score (nSPS) is 16.7. The third-order valence-corrected chi connectivity index (χ3v) is 2.52. The van der Waals surface area contributed by atoms with Gasteiger partial charge in [0.05, 0.1) is 12.7 Å². The van der Waals surface area contributed by atoms with Crippen molar-refractivity contribution in [2.24, 2.45) is 0 Å². The predicted molar refractivity (Wildman–Crippen MR) is 48.8 cm³/mol. The van der Waals surface area contributed by atoms with E-state index in [0.717, 1.165) is 18.9 Å². The lowest BCUT2D eigenvalue weighted by molar-refractivity contribution is -0.00878. The van der Waals surface area contributed by atoms with Crippen molar-refractivity contribution in [3.8, 4) is 0 Å². The highest BCUT2D eigenvalue weighted by Crippen LogP contribution is 2.23. The molecule has 0 heterocycles. The summed E-state index contributed by atoms with van der Waals surface area (Å²) >= 11 is 0. The Hall–Kier alpha value is -0.960. The summed E-state index contributed by atoms with van der Waals surface area (Å²) in [6.45, 7) is 0.377. The van der Waals surface area contributed by atoms with Crippen molar-refractivity contribution in [2.75, 3.05) is 0 Å². The summed E-state index contributed by atoms with van der Waals surface area (Å²) in [6.07, 6.45) is 3.71. The van der Waals surface area contributed by atoms with Gasteiger partial charge in [-0.05, 0) is 37.0 Å². The van der Waals surface area contributed by atoms with Crippen LogP contribution in [0.4, 0.5) is 8.78 Å². The molecule has 1 aliphatic carbocycles. The SMILES string of the molecule is Fc1ccc(COC2CCC2)cc1F. The molecule has 1 nitrogen and oxygen atoms in total. The lowest BCUT2D eigenvalue weighted by Gasteiger charge is -2.25. The molecular weight excluding hydrogens is 186 g/mol. The van der Waals surface area contributed by atoms with Gasteiger partial charge < -0.3 is 4.74 Å². The van der Waals surface area contributed by atoms with Gasteiger partial charge >= 0.3 is 0 Å². The number of hydrogen-bond acceptors (Lipinski definition) is 1. The second-order valence-corrected chi connectivity index (χ2v) is 3.61. The van der Waals surface area contributed by atoms with Gasteiger partial charge in [-0.1, -0.05) is 6.07 Å². The van der Waals surface area contributed by atoms with Gasteiger partial charge in [-0.3, -0.25) is 0 Å². The minimum atomic E-state index is -0.808. The van der Waals surface area contributed by atoms with Gasteiger partial charge in [0.15, 0.2) is 11.6 Å². The van der Waals surface area contributed by atoms with Crippen LogP contribution in [0, 0.1) is 11.6 Å². The molecular formula is C11H12F2O. The lowest BCUT2D eigenvalue weighted by Crippen LogP contribution is -2.21. The molecule has 1 aromatic carbocycles. The Kier molecular flexibility index (Phi) is 2.77. The fraction of sp³-hybridized carbons (Fsp3) is 0.455. The van der Waals surface area contributed by atoms with Crippen molar-refractivity contribution in [1.82, 2.24) is 0 Å². The molecule has 14 heavy (non-hydrogen) atoms. The van der Waals surface area contributed by atoms with Crippen LogP contribution >= 0.6 is 0 Å². The van der Waals surface area contributed by atoms with E-state index in [9.17, 15) is 8.78 Å². The average molecular weight is 198 g/mol. The summed E-state index contributed by atoms with van der Waals surface area (Å²) in [4.78, 5) is 0. The zero-order valence-electron chi connectivity index (χ0n) is 7.80. The molecule has 0 atom stereocenters. The largest absolute Gasteiger partial charge is 0.374 e. The van der Waals surface area contributed by atoms with Crippen molar-refractivity contribution >= 4 is 0 Å². The fourth-order valence-electron chi connectivity index (χ4n) is 1.38. The topological polar surface area (TPSA) is 9.23 Å². The highest BCUT2D eigenvalue weighted by Gasteiger charge is 2.17. The van der Waals surface area contributed by atoms with Crippen LogP contribution in [-0.2, 0) is 11.3 Å². The highest BCUT2D eigenvalue weighted by atomic mass is 19.2. The van der Waals surface area contributed by atoms with E-state index in [-0.39, 0.29) is 0 Å². The van der Waals surface area contributed by atoms with E-state index in [0.29, 0.717) is 18.3 Å². The lowest BCUT2D eigenvalue weighted by atomic mass is 9.96. The first-order valence-corrected chi connectivity index (χ1v) is 4.81. The Morgan fingerprint density at radius 1 is 1.21 bits per heavy atom. The molecule has 0 radical (unpaired) electrons. The van der Waals surface area contributed by atoms with Crippen LogP contribution in [0.15, 0.2) is 18.2 Å². The monoisotopic (exact) mass is 198 g/mol. The van der Waals surface area contributed by atoms with Crippen LogP contribution in [0.1, 0.15) is 24.8 Å². The van der Waals surface area contributed by atoms with Gasteiger partial charge in [-0.15, -0.1) is 0 Å². The molecule has 2 rings (SSSR count). The van der Waals surface area contributed by atoms with Crippen molar-refractivity contribution in [3.63, 3.8) is 0 Å². The summed E-state index contributed by atoms with van der Waals surface area (Å²) in [5.74, 6) is -1.61. The van der Waals surface area contributed by atoms with E-state index in [1.807, 2.05) is 0 Å². The summed E-state index contributed by atoms with van der Waals surface area (Å²) in [7, 11) is 0. The molecule has 0 saturated heterocycles. The third-order valence-electron chi connectivity index (χ3n) is 2.52. The van der Waals surface area contributed by atoms with Crippen LogP contribution in [0.5, 0.6) is 0 Å². The molecule has 0 spiro atoms. The summed E-state index contributed by atoms with van der Waals surface area (Å²) in [5, 5.41) is 0. The van der Waals surface area contributed by atoms with Crippen molar-refractivity contribution in [2.45, 2.75) is 32.0 Å². The Bertz CT molecular complexity index is 321. The predicted octanol–water partition coefficient (Wildman–Crippen LogP) is 3.03. The number of rotatable bonds is 3. The first kappa shape index (κ1) is 9.59. The van der Waals surface area contributed by atoms with Crippen LogP contribution in [0.2, 0.25) is 0 Å². The van der Waals surface area contributed by atoms with E-state index in [1.54, 1.807) is 6.07 Å². The van der Waals surface area contributed by atoms with E-state index in [1.165, 1.54) is 12.5 Å². The molecule has 0 aliphatic heterocycles. The standard InChI is InChI=1S/C11H12F2O/c12-10-5-4-8(6-11(10)13)7-14-9-2-1-3-9/h4-6,9H,1-3,7H2. The average Bonchev–Trinajstić information content (AvgIpc) is 2.08. The Balaban J connectivity index is 1.91. The molecule has 3 heteroatoms.